The SMILES string of the molecule is CCOC1CCN(CCCC(C#N)(CC)NC2CC2)CC1. The first-order valence-corrected chi connectivity index (χ1v) is 8.74. The molecule has 1 heterocycles. The zero-order valence-electron chi connectivity index (χ0n) is 13.7. The molecule has 0 amide bonds. The summed E-state index contributed by atoms with van der Waals surface area (Å²) in [6.07, 6.45) is 8.27. The molecule has 2 aliphatic rings. The fraction of sp³-hybridized carbons (Fsp3) is 0.941. The van der Waals surface area contributed by atoms with Gasteiger partial charge in [-0.1, -0.05) is 6.92 Å². The highest BCUT2D eigenvalue weighted by Gasteiger charge is 2.34. The molecule has 1 unspecified atom stereocenters. The minimum atomic E-state index is -0.287. The number of likely N-dealkylation sites (tertiary alicyclic amines) is 1. The second-order valence-corrected chi connectivity index (χ2v) is 6.57. The van der Waals surface area contributed by atoms with Crippen LogP contribution in [0.5, 0.6) is 0 Å². The number of piperidine rings is 1. The monoisotopic (exact) mass is 293 g/mol. The van der Waals surface area contributed by atoms with Gasteiger partial charge in [0.25, 0.3) is 0 Å². The molecule has 4 nitrogen and oxygen atoms in total. The molecular formula is C17H31N3O. The average molecular weight is 293 g/mol. The van der Waals surface area contributed by atoms with Crippen molar-refractivity contribution < 1.29 is 4.74 Å². The van der Waals surface area contributed by atoms with Crippen LogP contribution in [0.3, 0.4) is 0 Å². The zero-order chi connectivity index (χ0) is 15.1. The zero-order valence-corrected chi connectivity index (χ0v) is 13.7. The van der Waals surface area contributed by atoms with Crippen molar-refractivity contribution in [2.24, 2.45) is 0 Å². The van der Waals surface area contributed by atoms with E-state index in [4.69, 9.17) is 4.74 Å². The van der Waals surface area contributed by atoms with Crippen LogP contribution < -0.4 is 5.32 Å². The minimum absolute atomic E-state index is 0.287. The van der Waals surface area contributed by atoms with E-state index in [2.05, 4.69) is 30.1 Å². The normalized spacial score (nSPS) is 23.7. The van der Waals surface area contributed by atoms with Crippen molar-refractivity contribution in [2.45, 2.75) is 76.5 Å². The van der Waals surface area contributed by atoms with Gasteiger partial charge in [-0.15, -0.1) is 0 Å². The van der Waals surface area contributed by atoms with Gasteiger partial charge in [0.15, 0.2) is 0 Å². The summed E-state index contributed by atoms with van der Waals surface area (Å²) in [5, 5.41) is 13.1. The molecule has 1 atom stereocenters. The maximum absolute atomic E-state index is 9.54. The van der Waals surface area contributed by atoms with Crippen molar-refractivity contribution in [3.63, 3.8) is 0 Å². The first-order chi connectivity index (χ1) is 10.2. The van der Waals surface area contributed by atoms with Gasteiger partial charge in [-0.05, 0) is 58.4 Å². The lowest BCUT2D eigenvalue weighted by Gasteiger charge is -2.33. The van der Waals surface area contributed by atoms with Crippen LogP contribution >= 0.6 is 0 Å². The van der Waals surface area contributed by atoms with Crippen molar-refractivity contribution in [3.05, 3.63) is 0 Å². The van der Waals surface area contributed by atoms with Crippen LogP contribution in [0.2, 0.25) is 0 Å². The van der Waals surface area contributed by atoms with Gasteiger partial charge in [0.2, 0.25) is 0 Å². The smallest absolute Gasteiger partial charge is 0.106 e. The summed E-state index contributed by atoms with van der Waals surface area (Å²) in [7, 11) is 0. The highest BCUT2D eigenvalue weighted by atomic mass is 16.5. The van der Waals surface area contributed by atoms with Gasteiger partial charge in [-0.2, -0.15) is 5.26 Å². The number of hydrogen-bond acceptors (Lipinski definition) is 4. The fourth-order valence-corrected chi connectivity index (χ4v) is 3.28. The summed E-state index contributed by atoms with van der Waals surface area (Å²) in [5.41, 5.74) is -0.287. The molecule has 1 saturated carbocycles. The fourth-order valence-electron chi connectivity index (χ4n) is 3.28. The molecule has 1 N–H and O–H groups in total. The highest BCUT2D eigenvalue weighted by Crippen LogP contribution is 2.27. The van der Waals surface area contributed by atoms with Gasteiger partial charge in [0.1, 0.15) is 5.54 Å². The Bertz CT molecular complexity index is 342. The molecule has 2 rings (SSSR count). The van der Waals surface area contributed by atoms with E-state index in [9.17, 15) is 5.26 Å². The van der Waals surface area contributed by atoms with Gasteiger partial charge in [-0.3, -0.25) is 5.32 Å². The Morgan fingerprint density at radius 2 is 1.95 bits per heavy atom. The van der Waals surface area contributed by atoms with E-state index in [0.717, 1.165) is 58.3 Å². The van der Waals surface area contributed by atoms with Crippen molar-refractivity contribution in [1.29, 1.82) is 5.26 Å². The van der Waals surface area contributed by atoms with Crippen LogP contribution in [-0.4, -0.2) is 48.8 Å². The molecule has 1 aliphatic carbocycles. The second kappa shape index (κ2) is 8.12. The third-order valence-electron chi connectivity index (χ3n) is 4.89. The lowest BCUT2D eigenvalue weighted by Crippen LogP contribution is -2.45. The number of nitrogens with zero attached hydrogens (tertiary/aromatic N) is 2. The summed E-state index contributed by atoms with van der Waals surface area (Å²) >= 11 is 0. The number of hydrogen-bond donors (Lipinski definition) is 1. The molecule has 0 aromatic heterocycles. The molecule has 0 aromatic rings. The third-order valence-corrected chi connectivity index (χ3v) is 4.89. The quantitative estimate of drug-likeness (QED) is 0.710. The molecule has 0 aromatic carbocycles. The van der Waals surface area contributed by atoms with Crippen LogP contribution in [0, 0.1) is 11.3 Å². The first-order valence-electron chi connectivity index (χ1n) is 8.74. The van der Waals surface area contributed by atoms with E-state index in [0.29, 0.717) is 12.1 Å². The number of ether oxygens (including phenoxy) is 1. The molecule has 4 heteroatoms. The maximum atomic E-state index is 9.54. The molecule has 0 radical (unpaired) electrons. The Morgan fingerprint density at radius 1 is 1.24 bits per heavy atom. The lowest BCUT2D eigenvalue weighted by molar-refractivity contribution is 0.0137. The van der Waals surface area contributed by atoms with Crippen LogP contribution in [0.4, 0.5) is 0 Å². The standard InChI is InChI=1S/C17H31N3O/c1-3-17(14-18,19-15-6-7-15)10-5-11-20-12-8-16(9-13-20)21-4-2/h15-16,19H,3-13H2,1-2H3. The predicted molar refractivity (Wildman–Crippen MR) is 85.1 cm³/mol. The molecule has 2 fully saturated rings. The van der Waals surface area contributed by atoms with E-state index in [1.54, 1.807) is 0 Å². The minimum Gasteiger partial charge on any atom is -0.378 e. The van der Waals surface area contributed by atoms with E-state index in [1.165, 1.54) is 12.8 Å². The Kier molecular flexibility index (Phi) is 6.47. The third kappa shape index (κ3) is 5.25. The van der Waals surface area contributed by atoms with E-state index >= 15 is 0 Å². The molecule has 0 bridgehead atoms. The summed E-state index contributed by atoms with van der Waals surface area (Å²) in [6, 6.07) is 3.15. The van der Waals surface area contributed by atoms with Crippen molar-refractivity contribution in [2.75, 3.05) is 26.2 Å². The topological polar surface area (TPSA) is 48.3 Å². The Labute approximate surface area is 129 Å². The molecule has 21 heavy (non-hydrogen) atoms. The summed E-state index contributed by atoms with van der Waals surface area (Å²) in [6.45, 7) is 8.45. The lowest BCUT2D eigenvalue weighted by atomic mass is 9.91. The van der Waals surface area contributed by atoms with Gasteiger partial charge in [-0.25, -0.2) is 0 Å². The highest BCUT2D eigenvalue weighted by molar-refractivity contribution is 5.09. The predicted octanol–water partition coefficient (Wildman–Crippen LogP) is 2.69. The average Bonchev–Trinajstić information content (AvgIpc) is 3.32. The van der Waals surface area contributed by atoms with E-state index in [1.807, 2.05) is 0 Å². The van der Waals surface area contributed by atoms with Crippen molar-refractivity contribution in [3.8, 4) is 6.07 Å². The van der Waals surface area contributed by atoms with Gasteiger partial charge in [0.05, 0.1) is 12.2 Å². The Morgan fingerprint density at radius 3 is 2.48 bits per heavy atom. The largest absolute Gasteiger partial charge is 0.378 e. The van der Waals surface area contributed by atoms with Crippen LogP contribution in [0.1, 0.15) is 58.8 Å². The van der Waals surface area contributed by atoms with Crippen LogP contribution in [-0.2, 0) is 4.74 Å². The Hall–Kier alpha value is -0.630. The Balaban J connectivity index is 1.67. The summed E-state index contributed by atoms with van der Waals surface area (Å²) in [5.74, 6) is 0. The molecular weight excluding hydrogens is 262 g/mol. The van der Waals surface area contributed by atoms with Gasteiger partial charge >= 0.3 is 0 Å². The number of nitrogens with one attached hydrogen (secondary N) is 1. The van der Waals surface area contributed by atoms with Gasteiger partial charge in [0, 0.05) is 25.7 Å². The maximum Gasteiger partial charge on any atom is 0.106 e. The van der Waals surface area contributed by atoms with Gasteiger partial charge < -0.3 is 9.64 Å². The number of nitriles is 1. The molecule has 120 valence electrons. The van der Waals surface area contributed by atoms with E-state index < -0.39 is 0 Å². The molecule has 1 aliphatic heterocycles. The first kappa shape index (κ1) is 16.7. The second-order valence-electron chi connectivity index (χ2n) is 6.57. The summed E-state index contributed by atoms with van der Waals surface area (Å²) < 4.78 is 5.70. The summed E-state index contributed by atoms with van der Waals surface area (Å²) in [4.78, 5) is 2.53. The van der Waals surface area contributed by atoms with E-state index in [-0.39, 0.29) is 5.54 Å². The van der Waals surface area contributed by atoms with Crippen molar-refractivity contribution in [1.82, 2.24) is 10.2 Å². The number of rotatable bonds is 9. The molecule has 0 spiro atoms. The van der Waals surface area contributed by atoms with Crippen molar-refractivity contribution >= 4 is 0 Å². The van der Waals surface area contributed by atoms with Crippen LogP contribution in [0.25, 0.3) is 0 Å². The molecule has 1 saturated heterocycles. The van der Waals surface area contributed by atoms with Crippen LogP contribution in [0.15, 0.2) is 0 Å².